The van der Waals surface area contributed by atoms with Crippen molar-refractivity contribution in [3.63, 3.8) is 0 Å². The van der Waals surface area contributed by atoms with E-state index in [2.05, 4.69) is 4.90 Å². The molecule has 2 aromatic carbocycles. The first kappa shape index (κ1) is 28.3. The number of hydrogen-bond donors (Lipinski definition) is 5. The number of Topliss-reactive ketones (excluding diaryl/α,β-unsaturated/α-hetero) is 2. The van der Waals surface area contributed by atoms with E-state index in [0.717, 1.165) is 18.7 Å². The number of ether oxygens (including phenoxy) is 1. The number of morpholine rings is 1. The van der Waals surface area contributed by atoms with Gasteiger partial charge in [0.25, 0.3) is 5.91 Å². The average Bonchev–Trinajstić information content (AvgIpc) is 2.93. The number of carbonyl (C=O) groups is 3. The Labute approximate surface area is 240 Å². The Hall–Kier alpha value is -3.84. The van der Waals surface area contributed by atoms with Crippen LogP contribution < -0.4 is 5.73 Å². The molecule has 0 spiro atoms. The second-order valence-corrected chi connectivity index (χ2v) is 11.7. The van der Waals surface area contributed by atoms with E-state index in [1.165, 1.54) is 19.0 Å². The average molecular weight is 582 g/mol. The molecule has 0 radical (unpaired) electrons. The van der Waals surface area contributed by atoms with Crippen LogP contribution in [0.2, 0.25) is 0 Å². The molecule has 12 heteroatoms. The fraction of sp³-hybridized carbons (Fsp3) is 0.433. The number of fused-ring (bicyclic) bond motifs is 4. The molecule has 4 atom stereocenters. The lowest BCUT2D eigenvalue weighted by Gasteiger charge is -2.50. The maximum Gasteiger partial charge on any atom is 0.255 e. The number of likely N-dealkylation sites (N-methyl/N-ethyl adjacent to an activating group) is 1. The Morgan fingerprint density at radius 2 is 1.86 bits per heavy atom. The third-order valence-electron chi connectivity index (χ3n) is 9.20. The molecule has 0 bridgehead atoms. The van der Waals surface area contributed by atoms with Gasteiger partial charge in [-0.3, -0.25) is 24.2 Å². The number of ketones is 2. The number of aliphatic hydroxyl groups excluding tert-OH is 2. The molecule has 42 heavy (non-hydrogen) atoms. The molecule has 0 unspecified atom stereocenters. The lowest BCUT2D eigenvalue weighted by molar-refractivity contribution is -0.153. The van der Waals surface area contributed by atoms with Gasteiger partial charge >= 0.3 is 0 Å². The zero-order valence-electron chi connectivity index (χ0n) is 23.2. The Morgan fingerprint density at radius 3 is 2.50 bits per heavy atom. The van der Waals surface area contributed by atoms with Gasteiger partial charge in [0.2, 0.25) is 5.78 Å². The molecule has 3 aliphatic carbocycles. The quantitative estimate of drug-likeness (QED) is 0.329. The van der Waals surface area contributed by atoms with Gasteiger partial charge in [0.1, 0.15) is 28.7 Å². The molecule has 1 heterocycles. The number of nitrogens with zero attached hydrogens (tertiary/aromatic N) is 2. The third-order valence-corrected chi connectivity index (χ3v) is 9.20. The number of primary amides is 1. The Bertz CT molecular complexity index is 1630. The monoisotopic (exact) mass is 581 g/mol. The minimum absolute atomic E-state index is 0.00606. The minimum atomic E-state index is -2.75. The summed E-state index contributed by atoms with van der Waals surface area (Å²) in [6, 6.07) is 3.79. The molecular weight excluding hydrogens is 549 g/mol. The van der Waals surface area contributed by atoms with Crippen molar-refractivity contribution in [2.75, 3.05) is 40.4 Å². The van der Waals surface area contributed by atoms with Crippen LogP contribution in [0.25, 0.3) is 16.5 Å². The number of aliphatic hydroxyl groups is 3. The standard InChI is InChI=1S/C30H32FN3O8/c1-33(2)23-18-11-14-10-17-20(25(36)19(14)27(38)30(18,41)28(39)21(26(23)37)29(32)40)24(35)16-9-13(3-4-15(16)22(17)31)12-34-5-7-42-8-6-34/h3-4,9,14,18,23,35-36,39,41H,5-8,10-12H2,1-2H3,(H2,32,40)/t14-,18-,23-,30-/m0/s1. The van der Waals surface area contributed by atoms with Crippen LogP contribution >= 0.6 is 0 Å². The van der Waals surface area contributed by atoms with Gasteiger partial charge < -0.3 is 30.9 Å². The van der Waals surface area contributed by atoms with Crippen LogP contribution in [-0.2, 0) is 32.1 Å². The number of aromatic hydroxyl groups is 1. The van der Waals surface area contributed by atoms with Crippen LogP contribution in [-0.4, -0.2) is 99.7 Å². The second-order valence-electron chi connectivity index (χ2n) is 11.7. The fourth-order valence-corrected chi connectivity index (χ4v) is 7.22. The Balaban J connectivity index is 1.50. The summed E-state index contributed by atoms with van der Waals surface area (Å²) in [5.41, 5.74) is 1.95. The van der Waals surface area contributed by atoms with Gasteiger partial charge in [-0.1, -0.05) is 12.1 Å². The number of carbonyl (C=O) groups excluding carboxylic acids is 3. The van der Waals surface area contributed by atoms with E-state index in [4.69, 9.17) is 10.5 Å². The topological polar surface area (TPSA) is 174 Å². The lowest BCUT2D eigenvalue weighted by Crippen LogP contribution is -2.65. The van der Waals surface area contributed by atoms with Crippen molar-refractivity contribution >= 4 is 34.0 Å². The minimum Gasteiger partial charge on any atom is -0.508 e. The number of nitrogens with two attached hydrogens (primary N) is 1. The van der Waals surface area contributed by atoms with Crippen molar-refractivity contribution in [3.8, 4) is 5.75 Å². The van der Waals surface area contributed by atoms with Crippen molar-refractivity contribution in [3.05, 3.63) is 57.6 Å². The highest BCUT2D eigenvalue weighted by Crippen LogP contribution is 2.53. The summed E-state index contributed by atoms with van der Waals surface area (Å²) >= 11 is 0. The Morgan fingerprint density at radius 1 is 1.17 bits per heavy atom. The molecule has 2 fully saturated rings. The maximum absolute atomic E-state index is 16.1. The molecule has 6 N–H and O–H groups in total. The second kappa shape index (κ2) is 9.87. The first-order valence-electron chi connectivity index (χ1n) is 13.8. The molecule has 0 aromatic heterocycles. The molecule has 1 saturated heterocycles. The molecule has 1 aliphatic heterocycles. The smallest absolute Gasteiger partial charge is 0.255 e. The summed E-state index contributed by atoms with van der Waals surface area (Å²) in [6.45, 7) is 3.18. The summed E-state index contributed by atoms with van der Waals surface area (Å²) in [4.78, 5) is 42.9. The van der Waals surface area contributed by atoms with Crippen LogP contribution in [0.1, 0.15) is 23.1 Å². The molecule has 2 aromatic rings. The number of rotatable bonds is 4. The predicted molar refractivity (Wildman–Crippen MR) is 148 cm³/mol. The van der Waals surface area contributed by atoms with Gasteiger partial charge in [-0.2, -0.15) is 0 Å². The summed E-state index contributed by atoms with van der Waals surface area (Å²) in [6.07, 6.45) is -0.220. The van der Waals surface area contributed by atoms with Crippen molar-refractivity contribution in [2.45, 2.75) is 31.0 Å². The first-order valence-corrected chi connectivity index (χ1v) is 13.8. The van der Waals surface area contributed by atoms with E-state index in [9.17, 15) is 34.8 Å². The van der Waals surface area contributed by atoms with E-state index in [1.807, 2.05) is 0 Å². The molecule has 1 amide bonds. The summed E-state index contributed by atoms with van der Waals surface area (Å²) in [5, 5.41) is 45.8. The molecule has 6 rings (SSSR count). The van der Waals surface area contributed by atoms with E-state index in [-0.39, 0.29) is 40.3 Å². The highest BCUT2D eigenvalue weighted by atomic mass is 19.1. The predicted octanol–water partition coefficient (Wildman–Crippen LogP) is 1.09. The SMILES string of the molecule is CN(C)[C@@H]1C(=O)C(C(N)=O)=C(O)[C@@]2(O)C(=O)C3=C(O)c4c(c(F)c5ccc(CN6CCOCC6)cc5c4O)C[C@H]3C[C@@H]12. The number of halogens is 1. The summed E-state index contributed by atoms with van der Waals surface area (Å²) in [5.74, 6) is -8.32. The number of phenolic OH excluding ortho intramolecular Hbond substituents is 1. The van der Waals surface area contributed by atoms with E-state index >= 15 is 4.39 Å². The molecular formula is C30H32FN3O8. The van der Waals surface area contributed by atoms with Crippen LogP contribution in [0, 0.1) is 17.7 Å². The van der Waals surface area contributed by atoms with Gasteiger partial charge in [-0.15, -0.1) is 0 Å². The fourth-order valence-electron chi connectivity index (χ4n) is 7.22. The number of benzene rings is 2. The van der Waals surface area contributed by atoms with E-state index in [0.29, 0.717) is 19.8 Å². The maximum atomic E-state index is 16.1. The normalized spacial score (nSPS) is 28.3. The first-order chi connectivity index (χ1) is 19.9. The van der Waals surface area contributed by atoms with Gasteiger partial charge in [-0.05, 0) is 44.5 Å². The van der Waals surface area contributed by atoms with E-state index < -0.39 is 69.6 Å². The number of hydrogen-bond acceptors (Lipinski definition) is 10. The van der Waals surface area contributed by atoms with Gasteiger partial charge in [-0.25, -0.2) is 4.39 Å². The summed E-state index contributed by atoms with van der Waals surface area (Å²) in [7, 11) is 3.04. The van der Waals surface area contributed by atoms with Crippen molar-refractivity contribution < 1.29 is 43.9 Å². The zero-order chi connectivity index (χ0) is 30.2. The van der Waals surface area contributed by atoms with Crippen LogP contribution in [0.15, 0.2) is 35.1 Å². The molecule has 1 saturated carbocycles. The zero-order valence-corrected chi connectivity index (χ0v) is 23.2. The van der Waals surface area contributed by atoms with Gasteiger partial charge in [0.15, 0.2) is 11.4 Å². The highest BCUT2D eigenvalue weighted by Gasteiger charge is 2.64. The van der Waals surface area contributed by atoms with Crippen molar-refractivity contribution in [1.82, 2.24) is 9.80 Å². The van der Waals surface area contributed by atoms with Gasteiger partial charge in [0, 0.05) is 47.5 Å². The Kier molecular flexibility index (Phi) is 6.65. The van der Waals surface area contributed by atoms with Crippen LogP contribution in [0.5, 0.6) is 5.75 Å². The van der Waals surface area contributed by atoms with Crippen LogP contribution in [0.3, 0.4) is 0 Å². The number of amides is 1. The van der Waals surface area contributed by atoms with Crippen LogP contribution in [0.4, 0.5) is 4.39 Å². The highest BCUT2D eigenvalue weighted by molar-refractivity contribution is 6.24. The molecule has 222 valence electrons. The van der Waals surface area contributed by atoms with E-state index in [1.54, 1.807) is 18.2 Å². The van der Waals surface area contributed by atoms with Crippen molar-refractivity contribution in [2.24, 2.45) is 17.6 Å². The molecule has 11 nitrogen and oxygen atoms in total. The largest absolute Gasteiger partial charge is 0.508 e. The van der Waals surface area contributed by atoms with Crippen molar-refractivity contribution in [1.29, 1.82) is 0 Å². The summed E-state index contributed by atoms with van der Waals surface area (Å²) < 4.78 is 21.4. The third kappa shape index (κ3) is 3.89. The van der Waals surface area contributed by atoms with Gasteiger partial charge in [0.05, 0.1) is 24.8 Å². The molecule has 4 aliphatic rings. The lowest BCUT2D eigenvalue weighted by atomic mass is 9.57. The number of phenols is 1.